The third kappa shape index (κ3) is 5.33. The maximum Gasteiger partial charge on any atom is 0.418 e. The van der Waals surface area contributed by atoms with Gasteiger partial charge in [0.2, 0.25) is 0 Å². The second-order valence-electron chi connectivity index (χ2n) is 8.59. The molecule has 37 heavy (non-hydrogen) atoms. The molecular formula is C29H27F3N2O3. The van der Waals surface area contributed by atoms with E-state index in [1.165, 1.54) is 16.7 Å². The van der Waals surface area contributed by atoms with Gasteiger partial charge in [0.05, 0.1) is 37.1 Å². The minimum absolute atomic E-state index is 0.0223. The predicted molar refractivity (Wildman–Crippen MR) is 136 cm³/mol. The number of aromatic nitrogens is 1. The molecule has 5 nitrogen and oxygen atoms in total. The highest BCUT2D eigenvalue weighted by Crippen LogP contribution is 2.35. The Morgan fingerprint density at radius 1 is 0.838 bits per heavy atom. The second kappa shape index (κ2) is 10.4. The maximum atomic E-state index is 13.7. The van der Waals surface area contributed by atoms with Gasteiger partial charge >= 0.3 is 6.18 Å². The van der Waals surface area contributed by atoms with Crippen LogP contribution in [0.4, 0.5) is 13.2 Å². The number of hydrogen-bond acceptors (Lipinski definition) is 3. The molecule has 0 spiro atoms. The minimum atomic E-state index is -4.53. The third-order valence-corrected chi connectivity index (χ3v) is 6.30. The number of hydrogen-bond donors (Lipinski definition) is 1. The van der Waals surface area contributed by atoms with Gasteiger partial charge < -0.3 is 19.4 Å². The van der Waals surface area contributed by atoms with Gasteiger partial charge in [-0.15, -0.1) is 0 Å². The first-order chi connectivity index (χ1) is 17.6. The lowest BCUT2D eigenvalue weighted by Gasteiger charge is -2.21. The van der Waals surface area contributed by atoms with Gasteiger partial charge in [-0.2, -0.15) is 13.2 Å². The van der Waals surface area contributed by atoms with Gasteiger partial charge in [0.15, 0.2) is 0 Å². The molecule has 3 aromatic carbocycles. The molecule has 0 aliphatic carbocycles. The molecule has 192 valence electrons. The Balaban J connectivity index is 1.73. The first kappa shape index (κ1) is 25.9. The Bertz CT molecular complexity index is 1340. The van der Waals surface area contributed by atoms with Crippen molar-refractivity contribution in [1.29, 1.82) is 0 Å². The summed E-state index contributed by atoms with van der Waals surface area (Å²) in [5, 5.41) is 3.06. The van der Waals surface area contributed by atoms with Crippen molar-refractivity contribution in [2.75, 3.05) is 14.2 Å². The molecule has 1 amide bonds. The lowest BCUT2D eigenvalue weighted by molar-refractivity contribution is -0.137. The number of methoxy groups -OCH3 is 2. The zero-order valence-electron chi connectivity index (χ0n) is 20.9. The molecular weight excluding hydrogens is 481 g/mol. The van der Waals surface area contributed by atoms with Crippen molar-refractivity contribution >= 4 is 5.91 Å². The van der Waals surface area contributed by atoms with E-state index in [0.717, 1.165) is 17.2 Å². The molecule has 0 radical (unpaired) electrons. The summed E-state index contributed by atoms with van der Waals surface area (Å²) >= 11 is 0. The fraction of sp³-hybridized carbons (Fsp3) is 0.207. The van der Waals surface area contributed by atoms with Crippen LogP contribution in [0.2, 0.25) is 0 Å². The number of nitrogens with one attached hydrogen (secondary N) is 1. The summed E-state index contributed by atoms with van der Waals surface area (Å²) in [6.07, 6.45) is -4.53. The molecule has 0 atom stereocenters. The smallest absolute Gasteiger partial charge is 0.418 e. The standard InChI is InChI=1S/C29H27F3N2O3/c1-18-17-24(19(2)34(18)26-8-6-5-7-25(26)29(30,31)32)28(35)33-27(20-9-13-22(36-3)14-10-20)21-11-15-23(37-4)16-12-21/h5-17,27H,1-4H3,(H,33,35). The van der Waals surface area contributed by atoms with Gasteiger partial charge in [-0.3, -0.25) is 4.79 Å². The number of amides is 1. The average Bonchev–Trinajstić information content (AvgIpc) is 3.20. The molecule has 0 bridgehead atoms. The van der Waals surface area contributed by atoms with Crippen molar-refractivity contribution in [3.8, 4) is 17.2 Å². The molecule has 0 unspecified atom stereocenters. The molecule has 8 heteroatoms. The maximum absolute atomic E-state index is 13.7. The zero-order chi connectivity index (χ0) is 26.7. The van der Waals surface area contributed by atoms with E-state index in [0.29, 0.717) is 28.5 Å². The van der Waals surface area contributed by atoms with E-state index in [9.17, 15) is 18.0 Å². The summed E-state index contributed by atoms with van der Waals surface area (Å²) in [5.74, 6) is 0.950. The van der Waals surface area contributed by atoms with Crippen LogP contribution < -0.4 is 14.8 Å². The van der Waals surface area contributed by atoms with E-state index in [1.54, 1.807) is 64.5 Å². The van der Waals surface area contributed by atoms with Gasteiger partial charge in [0, 0.05) is 11.4 Å². The van der Waals surface area contributed by atoms with Crippen LogP contribution in [0.15, 0.2) is 78.9 Å². The van der Waals surface area contributed by atoms with Crippen molar-refractivity contribution in [2.45, 2.75) is 26.1 Å². The third-order valence-electron chi connectivity index (χ3n) is 6.30. The Hall–Kier alpha value is -4.20. The van der Waals surface area contributed by atoms with Crippen LogP contribution >= 0.6 is 0 Å². The number of halogens is 3. The lowest BCUT2D eigenvalue weighted by atomic mass is 9.98. The topological polar surface area (TPSA) is 52.5 Å². The highest BCUT2D eigenvalue weighted by atomic mass is 19.4. The number of aryl methyl sites for hydroxylation is 1. The molecule has 0 saturated heterocycles. The SMILES string of the molecule is COc1ccc(C(NC(=O)c2cc(C)n(-c3ccccc3C(F)(F)F)c2C)c2ccc(OC)cc2)cc1. The number of nitrogens with zero attached hydrogens (tertiary/aromatic N) is 1. The number of alkyl halides is 3. The number of carbonyl (C=O) groups excluding carboxylic acids is 1. The normalized spacial score (nSPS) is 11.5. The molecule has 0 aliphatic rings. The van der Waals surface area contributed by atoms with Gasteiger partial charge in [-0.25, -0.2) is 0 Å². The van der Waals surface area contributed by atoms with E-state index in [4.69, 9.17) is 9.47 Å². The van der Waals surface area contributed by atoms with Gasteiger partial charge in [-0.1, -0.05) is 36.4 Å². The average molecular weight is 509 g/mol. The first-order valence-electron chi connectivity index (χ1n) is 11.6. The van der Waals surface area contributed by atoms with Crippen LogP contribution in [0.1, 0.15) is 44.5 Å². The fourth-order valence-corrected chi connectivity index (χ4v) is 4.43. The minimum Gasteiger partial charge on any atom is -0.497 e. The molecule has 1 N–H and O–H groups in total. The quantitative estimate of drug-likeness (QED) is 0.304. The van der Waals surface area contributed by atoms with Crippen LogP contribution in [-0.2, 0) is 6.18 Å². The molecule has 0 fully saturated rings. The van der Waals surface area contributed by atoms with Crippen molar-refractivity contribution in [3.05, 3.63) is 113 Å². The molecule has 1 aromatic heterocycles. The first-order valence-corrected chi connectivity index (χ1v) is 11.6. The van der Waals surface area contributed by atoms with Crippen LogP contribution in [0.5, 0.6) is 11.5 Å². The zero-order valence-corrected chi connectivity index (χ0v) is 20.9. The van der Waals surface area contributed by atoms with Crippen LogP contribution in [0.3, 0.4) is 0 Å². The fourth-order valence-electron chi connectivity index (χ4n) is 4.43. The summed E-state index contributed by atoms with van der Waals surface area (Å²) < 4.78 is 53.1. The van der Waals surface area contributed by atoms with Gasteiger partial charge in [0.1, 0.15) is 11.5 Å². The lowest BCUT2D eigenvalue weighted by Crippen LogP contribution is -2.29. The predicted octanol–water partition coefficient (Wildman–Crippen LogP) is 6.65. The number of carbonyl (C=O) groups is 1. The monoisotopic (exact) mass is 508 g/mol. The van der Waals surface area contributed by atoms with E-state index in [-0.39, 0.29) is 5.69 Å². The molecule has 0 aliphatic heterocycles. The largest absolute Gasteiger partial charge is 0.497 e. The van der Waals surface area contributed by atoms with Crippen molar-refractivity contribution in [1.82, 2.24) is 9.88 Å². The van der Waals surface area contributed by atoms with E-state index in [1.807, 2.05) is 24.3 Å². The molecule has 1 heterocycles. The summed E-state index contributed by atoms with van der Waals surface area (Å²) in [5.41, 5.74) is 2.07. The number of ether oxygens (including phenoxy) is 2. The number of para-hydroxylation sites is 1. The van der Waals surface area contributed by atoms with Crippen LogP contribution in [-0.4, -0.2) is 24.7 Å². The van der Waals surface area contributed by atoms with Crippen molar-refractivity contribution < 1.29 is 27.4 Å². The van der Waals surface area contributed by atoms with E-state index < -0.39 is 23.7 Å². The van der Waals surface area contributed by atoms with Crippen molar-refractivity contribution in [2.24, 2.45) is 0 Å². The molecule has 4 aromatic rings. The number of benzene rings is 3. The summed E-state index contributed by atoms with van der Waals surface area (Å²) in [4.78, 5) is 13.6. The second-order valence-corrected chi connectivity index (χ2v) is 8.59. The Morgan fingerprint density at radius 2 is 1.35 bits per heavy atom. The van der Waals surface area contributed by atoms with Crippen LogP contribution in [0.25, 0.3) is 5.69 Å². The van der Waals surface area contributed by atoms with E-state index in [2.05, 4.69) is 5.32 Å². The van der Waals surface area contributed by atoms with Gasteiger partial charge in [0.25, 0.3) is 5.91 Å². The highest BCUT2D eigenvalue weighted by molar-refractivity contribution is 5.96. The molecule has 4 rings (SSSR count). The van der Waals surface area contributed by atoms with Crippen molar-refractivity contribution in [3.63, 3.8) is 0 Å². The summed E-state index contributed by atoms with van der Waals surface area (Å²) in [6, 6.07) is 21.1. The summed E-state index contributed by atoms with van der Waals surface area (Å²) in [7, 11) is 3.15. The Labute approximate surface area is 213 Å². The number of rotatable bonds is 7. The van der Waals surface area contributed by atoms with E-state index >= 15 is 0 Å². The van der Waals surface area contributed by atoms with Gasteiger partial charge in [-0.05, 0) is 67.4 Å². The van der Waals surface area contributed by atoms with Crippen LogP contribution in [0, 0.1) is 13.8 Å². The Kier molecular flexibility index (Phi) is 7.29. The molecule has 0 saturated carbocycles. The Morgan fingerprint density at radius 3 is 1.84 bits per heavy atom. The summed E-state index contributed by atoms with van der Waals surface area (Å²) in [6.45, 7) is 3.33. The highest BCUT2D eigenvalue weighted by Gasteiger charge is 2.34.